The van der Waals surface area contributed by atoms with Gasteiger partial charge >= 0.3 is 0 Å². The third-order valence-electron chi connectivity index (χ3n) is 3.83. The van der Waals surface area contributed by atoms with Crippen LogP contribution in [-0.2, 0) is 9.47 Å². The van der Waals surface area contributed by atoms with E-state index in [1.165, 1.54) is 6.42 Å². The molecule has 0 amide bonds. The molecule has 14 heavy (non-hydrogen) atoms. The second-order valence-electron chi connectivity index (χ2n) is 5.35. The van der Waals surface area contributed by atoms with Crippen molar-refractivity contribution in [3.63, 3.8) is 0 Å². The van der Waals surface area contributed by atoms with Crippen LogP contribution in [0.25, 0.3) is 0 Å². The number of hydrogen-bond donors (Lipinski definition) is 1. The van der Waals surface area contributed by atoms with Gasteiger partial charge in [0.05, 0.1) is 26.4 Å². The molecule has 0 bridgehead atoms. The summed E-state index contributed by atoms with van der Waals surface area (Å²) in [6, 6.07) is 0. The molecule has 2 rings (SSSR count). The first-order valence-electron chi connectivity index (χ1n) is 5.50. The molecule has 82 valence electrons. The van der Waals surface area contributed by atoms with Crippen molar-refractivity contribution >= 4 is 0 Å². The third kappa shape index (κ3) is 1.30. The predicted octanol–water partition coefficient (Wildman–Crippen LogP) is 1.02. The molecule has 0 aromatic heterocycles. The highest BCUT2D eigenvalue weighted by Gasteiger charge is 2.59. The number of rotatable bonds is 4. The lowest BCUT2D eigenvalue weighted by atomic mass is 9.57. The van der Waals surface area contributed by atoms with Gasteiger partial charge in [0.2, 0.25) is 0 Å². The van der Waals surface area contributed by atoms with Crippen molar-refractivity contribution < 1.29 is 9.47 Å². The minimum Gasteiger partial charge on any atom is -0.380 e. The van der Waals surface area contributed by atoms with Crippen LogP contribution in [0.4, 0.5) is 0 Å². The van der Waals surface area contributed by atoms with Crippen molar-refractivity contribution in [2.24, 2.45) is 22.5 Å². The zero-order valence-electron chi connectivity index (χ0n) is 9.21. The van der Waals surface area contributed by atoms with Gasteiger partial charge in [-0.15, -0.1) is 0 Å². The molecule has 0 radical (unpaired) electrons. The maximum absolute atomic E-state index is 5.90. The van der Waals surface area contributed by atoms with Crippen molar-refractivity contribution in [1.82, 2.24) is 0 Å². The normalized spacial score (nSPS) is 28.3. The fourth-order valence-corrected chi connectivity index (χ4v) is 2.76. The number of ether oxygens (including phenoxy) is 2. The summed E-state index contributed by atoms with van der Waals surface area (Å²) < 4.78 is 10.8. The van der Waals surface area contributed by atoms with Gasteiger partial charge in [0.15, 0.2) is 0 Å². The zero-order chi connectivity index (χ0) is 10.2. The van der Waals surface area contributed by atoms with Crippen LogP contribution in [0.2, 0.25) is 0 Å². The Morgan fingerprint density at radius 3 is 1.79 bits per heavy atom. The topological polar surface area (TPSA) is 44.5 Å². The second kappa shape index (κ2) is 3.47. The molecular weight excluding hydrogens is 178 g/mol. The molecule has 0 spiro atoms. The van der Waals surface area contributed by atoms with Crippen LogP contribution in [0.5, 0.6) is 0 Å². The molecule has 0 saturated carbocycles. The summed E-state index contributed by atoms with van der Waals surface area (Å²) in [5.74, 6) is 0.711. The van der Waals surface area contributed by atoms with E-state index in [4.69, 9.17) is 15.2 Å². The lowest BCUT2D eigenvalue weighted by Gasteiger charge is -2.59. The Labute approximate surface area is 85.9 Å². The third-order valence-corrected chi connectivity index (χ3v) is 3.83. The van der Waals surface area contributed by atoms with Gasteiger partial charge in [-0.05, 0) is 12.3 Å². The van der Waals surface area contributed by atoms with Crippen LogP contribution in [0.1, 0.15) is 20.3 Å². The zero-order valence-corrected chi connectivity index (χ0v) is 9.21. The molecule has 0 aromatic carbocycles. The first kappa shape index (κ1) is 10.4. The summed E-state index contributed by atoms with van der Waals surface area (Å²) in [5.41, 5.74) is 6.44. The summed E-state index contributed by atoms with van der Waals surface area (Å²) in [6.07, 6.45) is 1.22. The van der Waals surface area contributed by atoms with Gasteiger partial charge in [0, 0.05) is 17.4 Å². The van der Waals surface area contributed by atoms with Crippen molar-refractivity contribution in [3.8, 4) is 0 Å². The largest absolute Gasteiger partial charge is 0.380 e. The molecule has 2 aliphatic heterocycles. The molecule has 0 unspecified atom stereocenters. The van der Waals surface area contributed by atoms with E-state index in [-0.39, 0.29) is 5.41 Å². The Morgan fingerprint density at radius 2 is 1.57 bits per heavy atom. The van der Waals surface area contributed by atoms with E-state index in [0.717, 1.165) is 33.0 Å². The van der Waals surface area contributed by atoms with Gasteiger partial charge in [0.25, 0.3) is 0 Å². The fourth-order valence-electron chi connectivity index (χ4n) is 2.76. The SMILES string of the molecule is CC(C)CC1(C2(CN)COC2)COC1. The van der Waals surface area contributed by atoms with E-state index < -0.39 is 0 Å². The van der Waals surface area contributed by atoms with Crippen LogP contribution in [0, 0.1) is 16.7 Å². The molecule has 2 heterocycles. The molecule has 2 aliphatic rings. The fraction of sp³-hybridized carbons (Fsp3) is 1.00. The van der Waals surface area contributed by atoms with E-state index in [1.807, 2.05) is 0 Å². The minimum atomic E-state index is 0.218. The maximum atomic E-state index is 5.90. The highest BCUT2D eigenvalue weighted by molar-refractivity contribution is 5.06. The van der Waals surface area contributed by atoms with E-state index in [1.54, 1.807) is 0 Å². The van der Waals surface area contributed by atoms with E-state index in [9.17, 15) is 0 Å². The Balaban J connectivity index is 2.10. The average molecular weight is 199 g/mol. The molecule has 2 saturated heterocycles. The molecule has 2 N–H and O–H groups in total. The van der Waals surface area contributed by atoms with Gasteiger partial charge < -0.3 is 15.2 Å². The van der Waals surface area contributed by atoms with Crippen molar-refractivity contribution in [1.29, 1.82) is 0 Å². The summed E-state index contributed by atoms with van der Waals surface area (Å²) in [6.45, 7) is 8.70. The first-order chi connectivity index (χ1) is 6.64. The second-order valence-corrected chi connectivity index (χ2v) is 5.35. The van der Waals surface area contributed by atoms with Gasteiger partial charge in [-0.2, -0.15) is 0 Å². The monoisotopic (exact) mass is 199 g/mol. The Hall–Kier alpha value is -0.120. The predicted molar refractivity (Wildman–Crippen MR) is 55.0 cm³/mol. The van der Waals surface area contributed by atoms with Gasteiger partial charge in [-0.1, -0.05) is 13.8 Å². The van der Waals surface area contributed by atoms with E-state index >= 15 is 0 Å². The van der Waals surface area contributed by atoms with Crippen LogP contribution < -0.4 is 5.73 Å². The molecule has 0 atom stereocenters. The molecule has 2 fully saturated rings. The van der Waals surface area contributed by atoms with Crippen LogP contribution in [0.3, 0.4) is 0 Å². The summed E-state index contributed by atoms with van der Waals surface area (Å²) in [4.78, 5) is 0. The lowest BCUT2D eigenvalue weighted by Crippen LogP contribution is -2.67. The van der Waals surface area contributed by atoms with Gasteiger partial charge in [-0.3, -0.25) is 0 Å². The number of nitrogens with two attached hydrogens (primary N) is 1. The summed E-state index contributed by atoms with van der Waals surface area (Å²) in [5, 5.41) is 0. The summed E-state index contributed by atoms with van der Waals surface area (Å²) in [7, 11) is 0. The van der Waals surface area contributed by atoms with Crippen molar-refractivity contribution in [3.05, 3.63) is 0 Å². The molecule has 0 aliphatic carbocycles. The highest BCUT2D eigenvalue weighted by atomic mass is 16.5. The maximum Gasteiger partial charge on any atom is 0.0564 e. The first-order valence-corrected chi connectivity index (χ1v) is 5.50. The Bertz CT molecular complexity index is 202. The van der Waals surface area contributed by atoms with Crippen LogP contribution >= 0.6 is 0 Å². The smallest absolute Gasteiger partial charge is 0.0564 e. The minimum absolute atomic E-state index is 0.218. The van der Waals surface area contributed by atoms with E-state index in [2.05, 4.69) is 13.8 Å². The average Bonchev–Trinajstić information content (AvgIpc) is 1.97. The molecule has 3 heteroatoms. The summed E-state index contributed by atoms with van der Waals surface area (Å²) >= 11 is 0. The van der Waals surface area contributed by atoms with Gasteiger partial charge in [-0.25, -0.2) is 0 Å². The lowest BCUT2D eigenvalue weighted by molar-refractivity contribution is -0.269. The van der Waals surface area contributed by atoms with Crippen LogP contribution in [-0.4, -0.2) is 33.0 Å². The Morgan fingerprint density at radius 1 is 1.07 bits per heavy atom. The molecule has 0 aromatic rings. The molecular formula is C11H21NO2. The van der Waals surface area contributed by atoms with E-state index in [0.29, 0.717) is 11.3 Å². The van der Waals surface area contributed by atoms with Crippen LogP contribution in [0.15, 0.2) is 0 Å². The standard InChI is InChI=1S/C11H21NO2/c1-9(2)3-10(5-13-6-10)11(4-12)7-14-8-11/h9H,3-8,12H2,1-2H3. The Kier molecular flexibility index (Phi) is 2.58. The van der Waals surface area contributed by atoms with Gasteiger partial charge in [0.1, 0.15) is 0 Å². The molecule has 3 nitrogen and oxygen atoms in total. The van der Waals surface area contributed by atoms with Crippen molar-refractivity contribution in [2.75, 3.05) is 33.0 Å². The number of hydrogen-bond acceptors (Lipinski definition) is 3. The highest BCUT2D eigenvalue weighted by Crippen LogP contribution is 2.52. The quantitative estimate of drug-likeness (QED) is 0.735. The van der Waals surface area contributed by atoms with Crippen molar-refractivity contribution in [2.45, 2.75) is 20.3 Å².